The Hall–Kier alpha value is -0.0800. The molecule has 0 radical (unpaired) electrons. The van der Waals surface area contributed by atoms with Crippen LogP contribution in [0.15, 0.2) is 0 Å². The van der Waals surface area contributed by atoms with Crippen LogP contribution in [0.1, 0.15) is 19.3 Å². The van der Waals surface area contributed by atoms with Gasteiger partial charge in [0.25, 0.3) is 0 Å². The fraction of sp³-hybridized carbons (Fsp3) is 1.00. The van der Waals surface area contributed by atoms with Crippen LogP contribution in [0.5, 0.6) is 0 Å². The van der Waals surface area contributed by atoms with Crippen molar-refractivity contribution in [1.82, 2.24) is 5.32 Å². The predicted octanol–water partition coefficient (Wildman–Crippen LogP) is 1.08. The second kappa shape index (κ2) is 5.56. The van der Waals surface area contributed by atoms with Crippen LogP contribution in [-0.2, 0) is 0 Å². The molecule has 0 amide bonds. The molecule has 11 heavy (non-hydrogen) atoms. The monoisotopic (exact) mass is 159 g/mol. The molecule has 1 heterocycles. The fourth-order valence-electron chi connectivity index (χ4n) is 0.802. The van der Waals surface area contributed by atoms with Gasteiger partial charge < -0.3 is 9.80 Å². The van der Waals surface area contributed by atoms with Crippen molar-refractivity contribution in [2.75, 3.05) is 41.3 Å². The predicted molar refractivity (Wildman–Crippen MR) is 50.7 cm³/mol. The average molecular weight is 159 g/mol. The maximum atomic E-state index is 3.28. The van der Waals surface area contributed by atoms with Crippen LogP contribution < -0.4 is 5.32 Å². The summed E-state index contributed by atoms with van der Waals surface area (Å²) in [5.74, 6) is 0. The topological polar surface area (TPSA) is 12.0 Å². The van der Waals surface area contributed by atoms with Gasteiger partial charge in [-0.05, 0) is 25.9 Å². The standard InChI is InChI=1S/C5H11N.C4H12N/c1-2-4-6-5-3-1;1-5(2,3)4/h6H,1-5H2;1-4H3/q;+1. The Labute approximate surface area is 71.2 Å². The molecule has 2 nitrogen and oxygen atoms in total. The average Bonchev–Trinajstić information content (AvgIpc) is 1.88. The highest BCUT2D eigenvalue weighted by atomic mass is 15.2. The molecule has 0 unspecified atom stereocenters. The first-order valence-corrected chi connectivity index (χ1v) is 4.50. The lowest BCUT2D eigenvalue weighted by Crippen LogP contribution is -2.27. The van der Waals surface area contributed by atoms with E-state index in [0.717, 1.165) is 4.48 Å². The van der Waals surface area contributed by atoms with Gasteiger partial charge in [-0.25, -0.2) is 0 Å². The third-order valence-corrected chi connectivity index (χ3v) is 1.21. The fourth-order valence-corrected chi connectivity index (χ4v) is 0.802. The molecule has 0 saturated carbocycles. The van der Waals surface area contributed by atoms with E-state index >= 15 is 0 Å². The largest absolute Gasteiger partial charge is 0.333 e. The Morgan fingerprint density at radius 2 is 1.18 bits per heavy atom. The summed E-state index contributed by atoms with van der Waals surface area (Å²) in [7, 11) is 8.50. The maximum absolute atomic E-state index is 3.28. The zero-order valence-electron chi connectivity index (χ0n) is 8.48. The Balaban J connectivity index is 0.000000187. The summed E-state index contributed by atoms with van der Waals surface area (Å²) in [4.78, 5) is 0. The molecule has 1 fully saturated rings. The number of hydrogen-bond acceptors (Lipinski definition) is 1. The van der Waals surface area contributed by atoms with Gasteiger partial charge in [-0.15, -0.1) is 0 Å². The quantitative estimate of drug-likeness (QED) is 0.522. The molecule has 0 aliphatic carbocycles. The lowest BCUT2D eigenvalue weighted by molar-refractivity contribution is -0.849. The molecular formula is C9H23N2+. The van der Waals surface area contributed by atoms with Gasteiger partial charge in [-0.3, -0.25) is 0 Å². The van der Waals surface area contributed by atoms with Crippen LogP contribution in [0.4, 0.5) is 0 Å². The first kappa shape index (κ1) is 10.9. The Morgan fingerprint density at radius 3 is 1.27 bits per heavy atom. The van der Waals surface area contributed by atoms with Crippen LogP contribution >= 0.6 is 0 Å². The number of rotatable bonds is 0. The van der Waals surface area contributed by atoms with Gasteiger partial charge in [0.05, 0.1) is 28.2 Å². The van der Waals surface area contributed by atoms with E-state index in [0.29, 0.717) is 0 Å². The minimum Gasteiger partial charge on any atom is -0.333 e. The minimum atomic E-state index is 1.00. The first-order chi connectivity index (χ1) is 5.00. The molecule has 0 aromatic carbocycles. The number of nitrogens with one attached hydrogen (secondary N) is 1. The molecule has 0 aromatic rings. The molecule has 0 spiro atoms. The molecule has 1 N–H and O–H groups in total. The van der Waals surface area contributed by atoms with Crippen LogP contribution in [0.25, 0.3) is 0 Å². The number of quaternary nitrogens is 1. The third-order valence-electron chi connectivity index (χ3n) is 1.21. The van der Waals surface area contributed by atoms with Gasteiger partial charge in [-0.1, -0.05) is 6.42 Å². The van der Waals surface area contributed by atoms with Crippen molar-refractivity contribution in [3.8, 4) is 0 Å². The highest BCUT2D eigenvalue weighted by Gasteiger charge is 1.93. The van der Waals surface area contributed by atoms with Gasteiger partial charge in [0.2, 0.25) is 0 Å². The van der Waals surface area contributed by atoms with Crippen molar-refractivity contribution in [2.24, 2.45) is 0 Å². The van der Waals surface area contributed by atoms with Gasteiger partial charge in [0.15, 0.2) is 0 Å². The van der Waals surface area contributed by atoms with Gasteiger partial charge >= 0.3 is 0 Å². The zero-order valence-corrected chi connectivity index (χ0v) is 8.48. The summed E-state index contributed by atoms with van der Waals surface area (Å²) in [6.07, 6.45) is 4.22. The smallest absolute Gasteiger partial charge is 0.0675 e. The molecule has 0 atom stereocenters. The molecule has 0 aromatic heterocycles. The third kappa shape index (κ3) is 17.8. The van der Waals surface area contributed by atoms with E-state index in [-0.39, 0.29) is 0 Å². The van der Waals surface area contributed by atoms with Gasteiger partial charge in [-0.2, -0.15) is 0 Å². The highest BCUT2D eigenvalue weighted by Crippen LogP contribution is 1.96. The number of hydrogen-bond donors (Lipinski definition) is 1. The maximum Gasteiger partial charge on any atom is 0.0675 e. The normalized spacial score (nSPS) is 18.5. The Kier molecular flexibility index (Phi) is 5.51. The first-order valence-electron chi connectivity index (χ1n) is 4.50. The Morgan fingerprint density at radius 1 is 0.818 bits per heavy atom. The van der Waals surface area contributed by atoms with Crippen LogP contribution in [0.3, 0.4) is 0 Å². The van der Waals surface area contributed by atoms with Crippen molar-refractivity contribution in [3.63, 3.8) is 0 Å². The van der Waals surface area contributed by atoms with Crippen LogP contribution in [-0.4, -0.2) is 45.8 Å². The molecule has 1 saturated heterocycles. The molecule has 1 aliphatic rings. The second-order valence-corrected chi connectivity index (χ2v) is 4.49. The van der Waals surface area contributed by atoms with E-state index in [1.54, 1.807) is 0 Å². The molecular weight excluding hydrogens is 136 g/mol. The zero-order chi connectivity index (χ0) is 8.74. The van der Waals surface area contributed by atoms with E-state index in [2.05, 4.69) is 33.5 Å². The van der Waals surface area contributed by atoms with E-state index < -0.39 is 0 Å². The van der Waals surface area contributed by atoms with E-state index in [9.17, 15) is 0 Å². The molecule has 1 aliphatic heterocycles. The van der Waals surface area contributed by atoms with Crippen molar-refractivity contribution < 1.29 is 4.48 Å². The second-order valence-electron chi connectivity index (χ2n) is 4.49. The lowest BCUT2D eigenvalue weighted by atomic mass is 10.2. The van der Waals surface area contributed by atoms with Crippen molar-refractivity contribution in [3.05, 3.63) is 0 Å². The van der Waals surface area contributed by atoms with Crippen LogP contribution in [0, 0.1) is 0 Å². The lowest BCUT2D eigenvalue weighted by Gasteiger charge is -2.14. The number of nitrogens with zero attached hydrogens (tertiary/aromatic N) is 1. The molecule has 2 heteroatoms. The summed E-state index contributed by atoms with van der Waals surface area (Å²) in [6.45, 7) is 2.50. The van der Waals surface area contributed by atoms with Gasteiger partial charge in [0, 0.05) is 0 Å². The van der Waals surface area contributed by atoms with Crippen molar-refractivity contribution >= 4 is 0 Å². The van der Waals surface area contributed by atoms with E-state index in [4.69, 9.17) is 0 Å². The minimum absolute atomic E-state index is 1.00. The summed E-state index contributed by atoms with van der Waals surface area (Å²) >= 11 is 0. The Bertz CT molecular complexity index is 62.5. The molecule has 0 bridgehead atoms. The summed E-state index contributed by atoms with van der Waals surface area (Å²) in [5, 5.41) is 3.28. The van der Waals surface area contributed by atoms with Gasteiger partial charge in [0.1, 0.15) is 0 Å². The van der Waals surface area contributed by atoms with Crippen molar-refractivity contribution in [1.29, 1.82) is 0 Å². The summed E-state index contributed by atoms with van der Waals surface area (Å²) in [5.41, 5.74) is 0. The van der Waals surface area contributed by atoms with E-state index in [1.165, 1.54) is 32.4 Å². The SMILES string of the molecule is C1CCNCC1.C[N+](C)(C)C. The molecule has 68 valence electrons. The highest BCUT2D eigenvalue weighted by molar-refractivity contribution is 4.55. The molecule has 1 rings (SSSR count). The van der Waals surface area contributed by atoms with E-state index in [1.807, 2.05) is 0 Å². The van der Waals surface area contributed by atoms with Crippen molar-refractivity contribution in [2.45, 2.75) is 19.3 Å². The summed E-state index contributed by atoms with van der Waals surface area (Å²) in [6, 6.07) is 0. The van der Waals surface area contributed by atoms with Crippen LogP contribution in [0.2, 0.25) is 0 Å². The summed E-state index contributed by atoms with van der Waals surface area (Å²) < 4.78 is 1.00. The number of piperidine rings is 1.